The Balaban J connectivity index is 1.67. The van der Waals surface area contributed by atoms with Gasteiger partial charge < -0.3 is 10.1 Å². The summed E-state index contributed by atoms with van der Waals surface area (Å²) in [4.78, 5) is 42.1. The third-order valence-corrected chi connectivity index (χ3v) is 6.21. The SMILES string of the molecule is COc1ccccc1-n1c(SCC(=O)Nc2ccc(C(C)=O)cc2)nc2cc(Cl)ccc2c1=O. The number of ketones is 1. The highest BCUT2D eigenvalue weighted by molar-refractivity contribution is 7.99. The molecule has 0 bridgehead atoms. The number of amides is 1. The van der Waals surface area contributed by atoms with E-state index in [4.69, 9.17) is 16.3 Å². The first kappa shape index (κ1) is 23.5. The lowest BCUT2D eigenvalue weighted by Crippen LogP contribution is -2.23. The molecule has 4 rings (SSSR count). The van der Waals surface area contributed by atoms with Crippen LogP contribution < -0.4 is 15.6 Å². The molecule has 0 spiro atoms. The number of Topliss-reactive ketones (excluding diaryl/α,β-unsaturated/α-hetero) is 1. The summed E-state index contributed by atoms with van der Waals surface area (Å²) < 4.78 is 6.89. The number of carbonyl (C=O) groups is 2. The van der Waals surface area contributed by atoms with Crippen molar-refractivity contribution in [3.63, 3.8) is 0 Å². The minimum Gasteiger partial charge on any atom is -0.495 e. The van der Waals surface area contributed by atoms with E-state index < -0.39 is 0 Å². The highest BCUT2D eigenvalue weighted by Crippen LogP contribution is 2.28. The van der Waals surface area contributed by atoms with E-state index in [0.717, 1.165) is 11.8 Å². The first-order valence-electron chi connectivity index (χ1n) is 10.3. The second-order valence-corrected chi connectivity index (χ2v) is 8.72. The number of rotatable bonds is 7. The van der Waals surface area contributed by atoms with Gasteiger partial charge in [0.1, 0.15) is 5.75 Å². The Morgan fingerprint density at radius 1 is 1.09 bits per heavy atom. The van der Waals surface area contributed by atoms with E-state index in [-0.39, 0.29) is 23.0 Å². The Kier molecular flexibility index (Phi) is 7.00. The maximum Gasteiger partial charge on any atom is 0.266 e. The van der Waals surface area contributed by atoms with Crippen molar-refractivity contribution in [2.45, 2.75) is 12.1 Å². The van der Waals surface area contributed by atoms with Crippen LogP contribution in [0.5, 0.6) is 5.75 Å². The van der Waals surface area contributed by atoms with Gasteiger partial charge in [-0.15, -0.1) is 0 Å². The number of nitrogens with zero attached hydrogens (tertiary/aromatic N) is 2. The quantitative estimate of drug-likeness (QED) is 0.222. The number of aromatic nitrogens is 2. The van der Waals surface area contributed by atoms with Crippen LogP contribution in [-0.4, -0.2) is 34.1 Å². The third kappa shape index (κ3) is 4.98. The van der Waals surface area contributed by atoms with Gasteiger partial charge in [-0.3, -0.25) is 19.0 Å². The summed E-state index contributed by atoms with van der Waals surface area (Å²) in [5.41, 5.74) is 1.78. The molecule has 0 aliphatic carbocycles. The van der Waals surface area contributed by atoms with Gasteiger partial charge >= 0.3 is 0 Å². The highest BCUT2D eigenvalue weighted by Gasteiger charge is 2.18. The summed E-state index contributed by atoms with van der Waals surface area (Å²) in [7, 11) is 1.52. The van der Waals surface area contributed by atoms with Crippen molar-refractivity contribution < 1.29 is 14.3 Å². The van der Waals surface area contributed by atoms with Crippen LogP contribution in [0.25, 0.3) is 16.6 Å². The Hall–Kier alpha value is -3.62. The third-order valence-electron chi connectivity index (χ3n) is 5.03. The summed E-state index contributed by atoms with van der Waals surface area (Å²) in [5, 5.41) is 3.97. The molecule has 34 heavy (non-hydrogen) atoms. The molecule has 7 nitrogen and oxygen atoms in total. The Morgan fingerprint density at radius 3 is 2.53 bits per heavy atom. The van der Waals surface area contributed by atoms with E-state index in [1.54, 1.807) is 66.7 Å². The van der Waals surface area contributed by atoms with Gasteiger partial charge in [0.15, 0.2) is 10.9 Å². The lowest BCUT2D eigenvalue weighted by Gasteiger charge is -2.15. The molecule has 0 saturated heterocycles. The molecule has 0 atom stereocenters. The number of nitrogens with one attached hydrogen (secondary N) is 1. The van der Waals surface area contributed by atoms with Crippen LogP contribution in [0.4, 0.5) is 5.69 Å². The number of fused-ring (bicyclic) bond motifs is 1. The first-order valence-corrected chi connectivity index (χ1v) is 11.6. The molecule has 0 aliphatic heterocycles. The van der Waals surface area contributed by atoms with Crippen LogP contribution in [-0.2, 0) is 4.79 Å². The maximum atomic E-state index is 13.4. The van der Waals surface area contributed by atoms with Crippen LogP contribution in [0.3, 0.4) is 0 Å². The van der Waals surface area contributed by atoms with E-state index >= 15 is 0 Å². The number of thioether (sulfide) groups is 1. The van der Waals surface area contributed by atoms with Crippen LogP contribution in [0, 0.1) is 0 Å². The average molecular weight is 494 g/mol. The number of ether oxygens (including phenoxy) is 1. The van der Waals surface area contributed by atoms with Crippen molar-refractivity contribution in [1.82, 2.24) is 9.55 Å². The van der Waals surface area contributed by atoms with Gasteiger partial charge in [0.05, 0.1) is 29.5 Å². The zero-order chi connectivity index (χ0) is 24.2. The molecule has 3 aromatic carbocycles. The van der Waals surface area contributed by atoms with Crippen molar-refractivity contribution in [1.29, 1.82) is 0 Å². The number of para-hydroxylation sites is 2. The molecular weight excluding hydrogens is 474 g/mol. The van der Waals surface area contributed by atoms with Crippen molar-refractivity contribution in [3.8, 4) is 11.4 Å². The van der Waals surface area contributed by atoms with Gasteiger partial charge in [0.25, 0.3) is 5.56 Å². The fraction of sp³-hybridized carbons (Fsp3) is 0.120. The van der Waals surface area contributed by atoms with Gasteiger partial charge in [-0.1, -0.05) is 35.5 Å². The lowest BCUT2D eigenvalue weighted by atomic mass is 10.1. The van der Waals surface area contributed by atoms with E-state index in [0.29, 0.717) is 43.8 Å². The highest BCUT2D eigenvalue weighted by atomic mass is 35.5. The largest absolute Gasteiger partial charge is 0.495 e. The topological polar surface area (TPSA) is 90.3 Å². The number of carbonyl (C=O) groups excluding carboxylic acids is 2. The number of halogens is 1. The summed E-state index contributed by atoms with van der Waals surface area (Å²) in [6.07, 6.45) is 0. The molecular formula is C25H20ClN3O4S. The molecule has 0 aliphatic rings. The normalized spacial score (nSPS) is 10.8. The van der Waals surface area contributed by atoms with E-state index in [1.165, 1.54) is 18.6 Å². The fourth-order valence-corrected chi connectivity index (χ4v) is 4.35. The molecule has 1 heterocycles. The maximum absolute atomic E-state index is 13.4. The lowest BCUT2D eigenvalue weighted by molar-refractivity contribution is -0.113. The first-order chi connectivity index (χ1) is 16.4. The van der Waals surface area contributed by atoms with Crippen molar-refractivity contribution in [2.75, 3.05) is 18.2 Å². The zero-order valence-electron chi connectivity index (χ0n) is 18.4. The van der Waals surface area contributed by atoms with Crippen LogP contribution in [0.1, 0.15) is 17.3 Å². The number of anilines is 1. The summed E-state index contributed by atoms with van der Waals surface area (Å²) in [6.45, 7) is 1.48. The molecule has 0 fully saturated rings. The van der Waals surface area contributed by atoms with Crippen molar-refractivity contribution >= 4 is 51.6 Å². The molecule has 0 unspecified atom stereocenters. The molecule has 1 aromatic heterocycles. The summed E-state index contributed by atoms with van der Waals surface area (Å²) in [5.74, 6) is 0.164. The van der Waals surface area contributed by atoms with E-state index in [1.807, 2.05) is 0 Å². The zero-order valence-corrected chi connectivity index (χ0v) is 19.9. The van der Waals surface area contributed by atoms with Crippen molar-refractivity contribution in [2.24, 2.45) is 0 Å². The van der Waals surface area contributed by atoms with Crippen LogP contribution in [0.2, 0.25) is 5.02 Å². The predicted octanol–water partition coefficient (Wildman–Crippen LogP) is 4.98. The second kappa shape index (κ2) is 10.1. The molecule has 1 N–H and O–H groups in total. The average Bonchev–Trinajstić information content (AvgIpc) is 2.83. The second-order valence-electron chi connectivity index (χ2n) is 7.34. The molecule has 172 valence electrons. The molecule has 0 saturated carbocycles. The van der Waals surface area contributed by atoms with Crippen molar-refractivity contribution in [3.05, 3.63) is 87.7 Å². The monoisotopic (exact) mass is 493 g/mol. The van der Waals surface area contributed by atoms with Gasteiger partial charge in [0, 0.05) is 16.3 Å². The Labute approximate surface area is 204 Å². The molecule has 1 amide bonds. The van der Waals surface area contributed by atoms with Crippen LogP contribution in [0.15, 0.2) is 76.7 Å². The number of benzene rings is 3. The number of methoxy groups -OCH3 is 1. The van der Waals surface area contributed by atoms with Gasteiger partial charge in [-0.05, 0) is 61.5 Å². The number of hydrogen-bond donors (Lipinski definition) is 1. The Bertz CT molecular complexity index is 1450. The van der Waals surface area contributed by atoms with Gasteiger partial charge in [-0.2, -0.15) is 0 Å². The van der Waals surface area contributed by atoms with E-state index in [2.05, 4.69) is 10.3 Å². The minimum atomic E-state index is -0.297. The van der Waals surface area contributed by atoms with E-state index in [9.17, 15) is 14.4 Å². The van der Waals surface area contributed by atoms with Crippen LogP contribution >= 0.6 is 23.4 Å². The summed E-state index contributed by atoms with van der Waals surface area (Å²) >= 11 is 7.23. The summed E-state index contributed by atoms with van der Waals surface area (Å²) in [6, 6.07) is 18.6. The van der Waals surface area contributed by atoms with Gasteiger partial charge in [-0.25, -0.2) is 4.98 Å². The molecule has 0 radical (unpaired) electrons. The molecule has 4 aromatic rings. The smallest absolute Gasteiger partial charge is 0.266 e. The standard InChI is InChI=1S/C25H20ClN3O4S/c1-15(30)16-7-10-18(11-8-16)27-23(31)14-34-25-28-20-13-17(26)9-12-19(20)24(32)29(25)21-5-3-4-6-22(21)33-2/h3-13H,14H2,1-2H3,(H,27,31). The molecule has 9 heteroatoms. The Morgan fingerprint density at radius 2 is 1.82 bits per heavy atom. The van der Waals surface area contributed by atoms with Gasteiger partial charge in [0.2, 0.25) is 5.91 Å². The fourth-order valence-electron chi connectivity index (χ4n) is 3.38. The minimum absolute atomic E-state index is 0.00210. The predicted molar refractivity (Wildman–Crippen MR) is 135 cm³/mol. The number of hydrogen-bond acceptors (Lipinski definition) is 6.